The molecular formula is C28H37Cl2N5O7S. The zero-order chi connectivity index (χ0) is 30.8. The highest BCUT2D eigenvalue weighted by atomic mass is 35.5. The van der Waals surface area contributed by atoms with Crippen LogP contribution in [0.3, 0.4) is 0 Å². The number of hydrogen-bond donors (Lipinski definition) is 3. The molecule has 0 saturated carbocycles. The minimum Gasteiger partial charge on any atom is -0.390 e. The Kier molecular flexibility index (Phi) is 12.7. The third-order valence-electron chi connectivity index (χ3n) is 7.03. The second-order valence-corrected chi connectivity index (χ2v) is 12.6. The molecule has 1 aliphatic rings. The number of sulfonamides is 1. The molecule has 236 valence electrons. The number of rotatable bonds is 17. The van der Waals surface area contributed by atoms with E-state index >= 15 is 0 Å². The molecule has 0 saturated heterocycles. The van der Waals surface area contributed by atoms with Gasteiger partial charge in [0.15, 0.2) is 0 Å². The number of aliphatic hydroxyl groups is 2. The molecule has 3 N–H and O–H groups in total. The molecule has 2 heterocycles. The van der Waals surface area contributed by atoms with Crippen LogP contribution in [0.15, 0.2) is 41.3 Å². The highest BCUT2D eigenvalue weighted by Crippen LogP contribution is 2.38. The number of likely N-dealkylation sites (N-methyl/N-ethyl adjacent to an activating group) is 1. The van der Waals surface area contributed by atoms with E-state index in [2.05, 4.69) is 19.9 Å². The number of benzene rings is 2. The summed E-state index contributed by atoms with van der Waals surface area (Å²) in [6.45, 7) is 3.39. The van der Waals surface area contributed by atoms with Gasteiger partial charge in [-0.15, -0.1) is 5.10 Å². The number of nitrogens with zero attached hydrogens (tertiary/aromatic N) is 4. The normalized spacial score (nSPS) is 15.6. The molecule has 1 atom stereocenters. The van der Waals surface area contributed by atoms with Crippen molar-refractivity contribution in [1.29, 1.82) is 0 Å². The maximum Gasteiger partial charge on any atom is 0.240 e. The van der Waals surface area contributed by atoms with Crippen LogP contribution >= 0.6 is 23.2 Å². The lowest BCUT2D eigenvalue weighted by molar-refractivity contribution is 0.0135. The van der Waals surface area contributed by atoms with Crippen LogP contribution in [0, 0.1) is 0 Å². The molecule has 0 spiro atoms. The second kappa shape index (κ2) is 16.2. The van der Waals surface area contributed by atoms with Crippen molar-refractivity contribution in [3.05, 3.63) is 74.5 Å². The largest absolute Gasteiger partial charge is 0.390 e. The average molecular weight is 659 g/mol. The summed E-state index contributed by atoms with van der Waals surface area (Å²) in [5.74, 6) is 0.0254. The van der Waals surface area contributed by atoms with Crippen LogP contribution in [0.1, 0.15) is 34.0 Å². The predicted octanol–water partition coefficient (Wildman–Crippen LogP) is 2.18. The van der Waals surface area contributed by atoms with Gasteiger partial charge in [0, 0.05) is 35.6 Å². The molecular weight excluding hydrogens is 621 g/mol. The van der Waals surface area contributed by atoms with Gasteiger partial charge in [-0.2, -0.15) is 0 Å². The van der Waals surface area contributed by atoms with E-state index in [0.29, 0.717) is 61.0 Å². The highest BCUT2D eigenvalue weighted by Gasteiger charge is 2.27. The van der Waals surface area contributed by atoms with Crippen molar-refractivity contribution in [3.8, 4) is 0 Å². The number of aliphatic hydroxyl groups excluding tert-OH is 2. The van der Waals surface area contributed by atoms with Gasteiger partial charge >= 0.3 is 0 Å². The molecule has 1 aliphatic heterocycles. The Morgan fingerprint density at radius 3 is 2.33 bits per heavy atom. The first-order chi connectivity index (χ1) is 20.7. The molecule has 12 nitrogen and oxygen atoms in total. The molecule has 2 aromatic carbocycles. The number of aromatic nitrogens is 3. The number of hydrogen-bond acceptors (Lipinski definition) is 10. The van der Waals surface area contributed by atoms with Gasteiger partial charge in [-0.25, -0.2) is 17.8 Å². The summed E-state index contributed by atoms with van der Waals surface area (Å²) in [6, 6.07) is 10.6. The van der Waals surface area contributed by atoms with Crippen LogP contribution in [-0.4, -0.2) is 98.3 Å². The van der Waals surface area contributed by atoms with Gasteiger partial charge in [0.25, 0.3) is 0 Å². The lowest BCUT2D eigenvalue weighted by Gasteiger charge is -2.33. The quantitative estimate of drug-likeness (QED) is 0.184. The van der Waals surface area contributed by atoms with Crippen LogP contribution in [-0.2, 0) is 50.5 Å². The Morgan fingerprint density at radius 2 is 1.65 bits per heavy atom. The maximum absolute atomic E-state index is 12.8. The van der Waals surface area contributed by atoms with Crippen molar-refractivity contribution >= 4 is 33.2 Å². The summed E-state index contributed by atoms with van der Waals surface area (Å²) in [5, 5.41) is 27.4. The fraction of sp³-hybridized carbons (Fsp3) is 0.500. The lowest BCUT2D eigenvalue weighted by Crippen LogP contribution is -2.31. The summed E-state index contributed by atoms with van der Waals surface area (Å²) < 4.78 is 46.0. The van der Waals surface area contributed by atoms with Crippen molar-refractivity contribution in [1.82, 2.24) is 24.6 Å². The monoisotopic (exact) mass is 657 g/mol. The van der Waals surface area contributed by atoms with Crippen molar-refractivity contribution in [3.63, 3.8) is 0 Å². The van der Waals surface area contributed by atoms with E-state index in [1.807, 2.05) is 25.2 Å². The Hall–Kier alpha value is -2.17. The van der Waals surface area contributed by atoms with E-state index in [9.17, 15) is 18.6 Å². The summed E-state index contributed by atoms with van der Waals surface area (Å²) in [4.78, 5) is 2.36. The van der Waals surface area contributed by atoms with Crippen molar-refractivity contribution in [2.45, 2.75) is 37.1 Å². The molecule has 0 amide bonds. The van der Waals surface area contributed by atoms with Crippen molar-refractivity contribution in [2.24, 2.45) is 0 Å². The Labute approximate surface area is 261 Å². The first-order valence-electron chi connectivity index (χ1n) is 13.9. The third-order valence-corrected chi connectivity index (χ3v) is 9.07. The van der Waals surface area contributed by atoms with Crippen molar-refractivity contribution < 1.29 is 32.8 Å². The van der Waals surface area contributed by atoms with Crippen LogP contribution in [0.5, 0.6) is 0 Å². The predicted molar refractivity (Wildman–Crippen MR) is 161 cm³/mol. The molecule has 1 aromatic heterocycles. The summed E-state index contributed by atoms with van der Waals surface area (Å²) in [6.07, 6.45) is 0. The first-order valence-corrected chi connectivity index (χ1v) is 16.1. The summed E-state index contributed by atoms with van der Waals surface area (Å²) >= 11 is 12.7. The SMILES string of the molecule is CN1Cc2c(Cl)cc(Cl)cc2C(c2ccc(S(=O)(=O)NCCOCCOCCOCCn3nnc(CO)c3CO)cc2)C1. The number of ether oxygens (including phenoxy) is 3. The standard InChI is InChI=1S/C28H37Cl2N5O7S/c1-34-16-24(23-14-21(29)15-26(30)25(23)17-34)20-2-4-22(5-3-20)43(38,39)31-6-8-40-10-12-42-13-11-41-9-7-35-28(19-37)27(18-36)32-33-35/h2-5,14-15,24,31,36-37H,6-13,16-19H2,1H3. The number of halogens is 2. The molecule has 15 heteroatoms. The van der Waals surface area contributed by atoms with Gasteiger partial charge in [0.2, 0.25) is 10.0 Å². The van der Waals surface area contributed by atoms with E-state index in [-0.39, 0.29) is 37.2 Å². The Balaban J connectivity index is 1.11. The molecule has 1 unspecified atom stereocenters. The summed E-state index contributed by atoms with van der Waals surface area (Å²) in [5.41, 5.74) is 3.90. The minimum absolute atomic E-state index is 0.0254. The molecule has 43 heavy (non-hydrogen) atoms. The Morgan fingerprint density at radius 1 is 0.977 bits per heavy atom. The van der Waals surface area contributed by atoms with E-state index in [1.165, 1.54) is 4.68 Å². The molecule has 0 radical (unpaired) electrons. The highest BCUT2D eigenvalue weighted by molar-refractivity contribution is 7.89. The van der Waals surface area contributed by atoms with Crippen LogP contribution < -0.4 is 4.72 Å². The average Bonchev–Trinajstić information content (AvgIpc) is 3.39. The summed E-state index contributed by atoms with van der Waals surface area (Å²) in [7, 11) is -1.67. The third kappa shape index (κ3) is 9.17. The van der Waals surface area contributed by atoms with Gasteiger partial charge in [-0.3, -0.25) is 0 Å². The zero-order valence-electron chi connectivity index (χ0n) is 23.9. The van der Waals surface area contributed by atoms with Gasteiger partial charge < -0.3 is 29.3 Å². The number of fused-ring (bicyclic) bond motifs is 1. The number of nitrogens with one attached hydrogen (secondary N) is 1. The van der Waals surface area contributed by atoms with Gasteiger partial charge in [-0.05, 0) is 48.0 Å². The van der Waals surface area contributed by atoms with Crippen molar-refractivity contribution in [2.75, 3.05) is 59.8 Å². The Bertz CT molecular complexity index is 1440. The topological polar surface area (TPSA) is 148 Å². The van der Waals surface area contributed by atoms with E-state index in [0.717, 1.165) is 29.8 Å². The molecule has 4 rings (SSSR count). The van der Waals surface area contributed by atoms with E-state index in [4.69, 9.17) is 37.4 Å². The molecule has 3 aromatic rings. The molecule has 0 fully saturated rings. The molecule has 0 bridgehead atoms. The van der Waals surface area contributed by atoms with Gasteiger partial charge in [0.1, 0.15) is 5.69 Å². The lowest BCUT2D eigenvalue weighted by atomic mass is 9.85. The zero-order valence-corrected chi connectivity index (χ0v) is 26.2. The smallest absolute Gasteiger partial charge is 0.240 e. The van der Waals surface area contributed by atoms with Crippen LogP contribution in [0.2, 0.25) is 10.0 Å². The fourth-order valence-corrected chi connectivity index (χ4v) is 6.46. The maximum atomic E-state index is 12.8. The first kappa shape index (κ1) is 33.7. The van der Waals surface area contributed by atoms with Gasteiger partial charge in [0.05, 0.1) is 70.0 Å². The fourth-order valence-electron chi connectivity index (χ4n) is 4.88. The van der Waals surface area contributed by atoms with Gasteiger partial charge in [-0.1, -0.05) is 40.5 Å². The van der Waals surface area contributed by atoms with Crippen LogP contribution in [0.4, 0.5) is 0 Å². The van der Waals surface area contributed by atoms with E-state index < -0.39 is 10.0 Å². The van der Waals surface area contributed by atoms with Crippen LogP contribution in [0.25, 0.3) is 0 Å². The van der Waals surface area contributed by atoms with E-state index in [1.54, 1.807) is 18.2 Å². The molecule has 0 aliphatic carbocycles. The minimum atomic E-state index is -3.69. The second-order valence-electron chi connectivity index (χ2n) is 10.0.